The molecular weight excluding hydrogens is 334 g/mol. The Morgan fingerprint density at radius 2 is 2.00 bits per heavy atom. The van der Waals surface area contributed by atoms with E-state index in [1.54, 1.807) is 12.1 Å². The molecule has 0 bridgehead atoms. The first-order valence-corrected chi connectivity index (χ1v) is 9.01. The van der Waals surface area contributed by atoms with E-state index in [2.05, 4.69) is 29.8 Å². The highest BCUT2D eigenvalue weighted by molar-refractivity contribution is 6.05. The minimum absolute atomic E-state index is 0.0933. The molecule has 1 aromatic carbocycles. The fourth-order valence-corrected chi connectivity index (χ4v) is 2.83. The molecule has 1 heterocycles. The number of amides is 3. The van der Waals surface area contributed by atoms with Gasteiger partial charge in [0.25, 0.3) is 5.91 Å². The number of para-hydroxylation sites is 1. The van der Waals surface area contributed by atoms with Gasteiger partial charge in [-0.05, 0) is 44.2 Å². The molecule has 4 N–H and O–H groups in total. The number of phenolic OH excluding ortho intramolecular Hbond substituents is 1. The number of anilines is 1. The Morgan fingerprint density at radius 1 is 1.27 bits per heavy atom. The van der Waals surface area contributed by atoms with Gasteiger partial charge in [0, 0.05) is 12.5 Å². The largest absolute Gasteiger partial charge is 0.505 e. The minimum Gasteiger partial charge on any atom is -0.505 e. The van der Waals surface area contributed by atoms with Gasteiger partial charge in [0.15, 0.2) is 5.75 Å². The molecule has 2 rings (SSSR count). The van der Waals surface area contributed by atoms with Crippen LogP contribution < -0.4 is 16.0 Å². The molecule has 2 atom stereocenters. The Morgan fingerprint density at radius 3 is 2.65 bits per heavy atom. The number of nitrogens with one attached hydrogen (secondary N) is 3. The fourth-order valence-electron chi connectivity index (χ4n) is 2.83. The molecule has 0 saturated carbocycles. The maximum atomic E-state index is 12.5. The number of hydrogen-bond donors (Lipinski definition) is 4. The maximum Gasteiger partial charge on any atom is 0.255 e. The average Bonchev–Trinajstić information content (AvgIpc) is 2.57. The van der Waals surface area contributed by atoms with Crippen LogP contribution in [0.15, 0.2) is 18.2 Å². The zero-order valence-corrected chi connectivity index (χ0v) is 15.5. The Bertz CT molecular complexity index is 687. The van der Waals surface area contributed by atoms with E-state index < -0.39 is 17.9 Å². The first-order valence-electron chi connectivity index (χ1n) is 9.01. The van der Waals surface area contributed by atoms with Crippen LogP contribution in [0.25, 0.3) is 0 Å². The smallest absolute Gasteiger partial charge is 0.255 e. The lowest BCUT2D eigenvalue weighted by molar-refractivity contribution is -0.134. The van der Waals surface area contributed by atoms with E-state index in [9.17, 15) is 19.5 Å². The molecule has 26 heavy (non-hydrogen) atoms. The summed E-state index contributed by atoms with van der Waals surface area (Å²) < 4.78 is 0. The molecule has 7 heteroatoms. The molecule has 0 aliphatic carbocycles. The summed E-state index contributed by atoms with van der Waals surface area (Å²) in [5.74, 6) is -0.960. The van der Waals surface area contributed by atoms with Gasteiger partial charge in [-0.25, -0.2) is 0 Å². The van der Waals surface area contributed by atoms with Crippen molar-refractivity contribution in [1.82, 2.24) is 10.6 Å². The first-order chi connectivity index (χ1) is 12.3. The Kier molecular flexibility index (Phi) is 6.60. The van der Waals surface area contributed by atoms with Gasteiger partial charge >= 0.3 is 0 Å². The zero-order valence-electron chi connectivity index (χ0n) is 15.5. The van der Waals surface area contributed by atoms with Crippen molar-refractivity contribution in [3.05, 3.63) is 23.8 Å². The highest BCUT2D eigenvalue weighted by atomic mass is 16.3. The van der Waals surface area contributed by atoms with Gasteiger partial charge in [-0.1, -0.05) is 19.9 Å². The van der Waals surface area contributed by atoms with Crippen molar-refractivity contribution in [2.24, 2.45) is 5.92 Å². The molecule has 2 unspecified atom stereocenters. The molecule has 0 spiro atoms. The Hall–Kier alpha value is -2.57. The van der Waals surface area contributed by atoms with Crippen molar-refractivity contribution in [3.8, 4) is 5.75 Å². The zero-order chi connectivity index (χ0) is 19.3. The van der Waals surface area contributed by atoms with Crippen LogP contribution in [0, 0.1) is 5.92 Å². The monoisotopic (exact) mass is 361 g/mol. The molecule has 142 valence electrons. The summed E-state index contributed by atoms with van der Waals surface area (Å²) in [5.41, 5.74) is 0.577. The normalized spacial score (nSPS) is 18.4. The number of rotatable bonds is 7. The van der Waals surface area contributed by atoms with Gasteiger partial charge in [0.2, 0.25) is 11.8 Å². The topological polar surface area (TPSA) is 108 Å². The third kappa shape index (κ3) is 5.21. The summed E-state index contributed by atoms with van der Waals surface area (Å²) in [6, 6.07) is 4.26. The van der Waals surface area contributed by atoms with Gasteiger partial charge in [-0.2, -0.15) is 0 Å². The van der Waals surface area contributed by atoms with Crippen molar-refractivity contribution in [3.63, 3.8) is 0 Å². The standard InChI is InChI=1S/C19H27N3O4/c1-11(2)7-8-12(3)20-14-6-4-5-13(17(14)24)18(25)21-15-9-10-16(23)22-19(15)26/h4-6,11-12,15,20,24H,7-10H2,1-3H3,(H,21,25)(H,22,23,26). The molecule has 1 aromatic rings. The highest BCUT2D eigenvalue weighted by Gasteiger charge is 2.29. The summed E-state index contributed by atoms with van der Waals surface area (Å²) in [5, 5.41) is 18.4. The predicted molar refractivity (Wildman–Crippen MR) is 98.9 cm³/mol. The molecule has 1 fully saturated rings. The van der Waals surface area contributed by atoms with Gasteiger partial charge in [-0.3, -0.25) is 19.7 Å². The van der Waals surface area contributed by atoms with Gasteiger partial charge in [0.05, 0.1) is 11.3 Å². The summed E-state index contributed by atoms with van der Waals surface area (Å²) in [6.07, 6.45) is 2.44. The summed E-state index contributed by atoms with van der Waals surface area (Å²) in [6.45, 7) is 6.34. The van der Waals surface area contributed by atoms with Crippen molar-refractivity contribution < 1.29 is 19.5 Å². The lowest BCUT2D eigenvalue weighted by Crippen LogP contribution is -2.52. The first kappa shape index (κ1) is 19.8. The quantitative estimate of drug-likeness (QED) is 0.440. The number of piperidine rings is 1. The van der Waals surface area contributed by atoms with E-state index in [0.29, 0.717) is 11.6 Å². The molecule has 3 amide bonds. The average molecular weight is 361 g/mol. The van der Waals surface area contributed by atoms with E-state index >= 15 is 0 Å². The van der Waals surface area contributed by atoms with Crippen LogP contribution in [-0.2, 0) is 9.59 Å². The second kappa shape index (κ2) is 8.69. The summed E-state index contributed by atoms with van der Waals surface area (Å²) in [7, 11) is 0. The molecule has 1 aliphatic rings. The van der Waals surface area contributed by atoms with Crippen LogP contribution in [0.1, 0.15) is 56.8 Å². The lowest BCUT2D eigenvalue weighted by atomic mass is 10.0. The van der Waals surface area contributed by atoms with Crippen LogP contribution >= 0.6 is 0 Å². The minimum atomic E-state index is -0.777. The third-order valence-electron chi connectivity index (χ3n) is 4.40. The maximum absolute atomic E-state index is 12.5. The molecule has 0 aromatic heterocycles. The summed E-state index contributed by atoms with van der Waals surface area (Å²) in [4.78, 5) is 35.4. The Labute approximate surface area is 153 Å². The third-order valence-corrected chi connectivity index (χ3v) is 4.40. The van der Waals surface area contributed by atoms with Crippen LogP contribution in [0.4, 0.5) is 5.69 Å². The molecule has 1 aliphatic heterocycles. The molecule has 0 radical (unpaired) electrons. The van der Waals surface area contributed by atoms with Crippen molar-refractivity contribution >= 4 is 23.4 Å². The number of aromatic hydroxyl groups is 1. The number of hydrogen-bond acceptors (Lipinski definition) is 5. The highest BCUT2D eigenvalue weighted by Crippen LogP contribution is 2.29. The van der Waals surface area contributed by atoms with Gasteiger partial charge in [-0.15, -0.1) is 0 Å². The van der Waals surface area contributed by atoms with E-state index in [1.807, 2.05) is 6.92 Å². The summed E-state index contributed by atoms with van der Waals surface area (Å²) >= 11 is 0. The molecule has 7 nitrogen and oxygen atoms in total. The fraction of sp³-hybridized carbons (Fsp3) is 0.526. The van der Waals surface area contributed by atoms with E-state index in [4.69, 9.17) is 0 Å². The lowest BCUT2D eigenvalue weighted by Gasteiger charge is -2.22. The number of phenols is 1. The van der Waals surface area contributed by atoms with Crippen LogP contribution in [0.3, 0.4) is 0 Å². The van der Waals surface area contributed by atoms with Crippen LogP contribution in [0.5, 0.6) is 5.75 Å². The van der Waals surface area contributed by atoms with Crippen molar-refractivity contribution in [2.45, 2.75) is 58.5 Å². The number of benzene rings is 1. The SMILES string of the molecule is CC(C)CCC(C)Nc1cccc(C(=O)NC2CCC(=O)NC2=O)c1O. The van der Waals surface area contributed by atoms with Crippen molar-refractivity contribution in [1.29, 1.82) is 0 Å². The number of imide groups is 1. The van der Waals surface area contributed by atoms with E-state index in [-0.39, 0.29) is 36.1 Å². The second-order valence-corrected chi connectivity index (χ2v) is 7.20. The van der Waals surface area contributed by atoms with E-state index in [1.165, 1.54) is 6.07 Å². The van der Waals surface area contributed by atoms with Crippen molar-refractivity contribution in [2.75, 3.05) is 5.32 Å². The second-order valence-electron chi connectivity index (χ2n) is 7.20. The van der Waals surface area contributed by atoms with Crippen LogP contribution in [-0.4, -0.2) is 34.9 Å². The van der Waals surface area contributed by atoms with E-state index in [0.717, 1.165) is 12.8 Å². The number of carbonyl (C=O) groups is 3. The van der Waals surface area contributed by atoms with Gasteiger partial charge in [0.1, 0.15) is 6.04 Å². The predicted octanol–water partition coefficient (Wildman–Crippen LogP) is 2.16. The van der Waals surface area contributed by atoms with Crippen LogP contribution in [0.2, 0.25) is 0 Å². The number of carbonyl (C=O) groups excluding carboxylic acids is 3. The molecular formula is C19H27N3O4. The Balaban J connectivity index is 2.04. The molecule has 1 saturated heterocycles. The van der Waals surface area contributed by atoms with Gasteiger partial charge < -0.3 is 15.7 Å².